The molecule has 1 saturated heterocycles. The van der Waals surface area contributed by atoms with E-state index in [0.717, 1.165) is 32.2 Å². The van der Waals surface area contributed by atoms with Gasteiger partial charge in [0.15, 0.2) is 0 Å². The number of likely N-dealkylation sites (tertiary alicyclic amines) is 1. The van der Waals surface area contributed by atoms with Crippen LogP contribution in [0.25, 0.3) is 0 Å². The molecule has 0 spiro atoms. The average Bonchev–Trinajstić information content (AvgIpc) is 2.73. The first kappa shape index (κ1) is 13.5. The van der Waals surface area contributed by atoms with Crippen molar-refractivity contribution in [2.24, 2.45) is 5.73 Å². The van der Waals surface area contributed by atoms with Crippen molar-refractivity contribution in [1.29, 1.82) is 0 Å². The molecule has 0 aromatic rings. The quantitative estimate of drug-likeness (QED) is 0.693. The number of hydrogen-bond donors (Lipinski definition) is 1. The van der Waals surface area contributed by atoms with Crippen molar-refractivity contribution in [2.45, 2.75) is 51.6 Å². The first-order chi connectivity index (χ1) is 7.74. The smallest absolute Gasteiger partial charge is 0.323 e. The lowest BCUT2D eigenvalue weighted by molar-refractivity contribution is -0.150. The minimum Gasteiger partial charge on any atom is -0.465 e. The second-order valence-electron chi connectivity index (χ2n) is 4.33. The van der Waals surface area contributed by atoms with Crippen LogP contribution < -0.4 is 5.73 Å². The number of ether oxygens (including phenoxy) is 1. The highest BCUT2D eigenvalue weighted by molar-refractivity contribution is 5.75. The van der Waals surface area contributed by atoms with Crippen LogP contribution in [0.4, 0.5) is 0 Å². The molecule has 4 heteroatoms. The molecular weight excluding hydrogens is 204 g/mol. The fraction of sp³-hybridized carbons (Fsp3) is 0.917. The van der Waals surface area contributed by atoms with Gasteiger partial charge in [-0.1, -0.05) is 13.3 Å². The first-order valence-corrected chi connectivity index (χ1v) is 6.37. The van der Waals surface area contributed by atoms with Gasteiger partial charge < -0.3 is 10.5 Å². The Morgan fingerprint density at radius 3 is 2.88 bits per heavy atom. The van der Waals surface area contributed by atoms with E-state index in [9.17, 15) is 4.79 Å². The summed E-state index contributed by atoms with van der Waals surface area (Å²) in [5.41, 5.74) is 5.74. The molecule has 0 aromatic heterocycles. The van der Waals surface area contributed by atoms with Gasteiger partial charge in [-0.2, -0.15) is 0 Å². The minimum atomic E-state index is -0.0824. The fourth-order valence-electron chi connectivity index (χ4n) is 2.45. The SMILES string of the molecule is CCCC(C(=O)OCC)N1CCCC1CN. The van der Waals surface area contributed by atoms with E-state index in [4.69, 9.17) is 10.5 Å². The lowest BCUT2D eigenvalue weighted by Crippen LogP contribution is -2.47. The third-order valence-electron chi connectivity index (χ3n) is 3.22. The van der Waals surface area contributed by atoms with E-state index in [1.54, 1.807) is 0 Å². The summed E-state index contributed by atoms with van der Waals surface area (Å²) in [6, 6.07) is 0.280. The van der Waals surface area contributed by atoms with Gasteiger partial charge >= 0.3 is 5.97 Å². The van der Waals surface area contributed by atoms with Crippen molar-refractivity contribution in [1.82, 2.24) is 4.90 Å². The maximum Gasteiger partial charge on any atom is 0.323 e. The zero-order valence-corrected chi connectivity index (χ0v) is 10.4. The van der Waals surface area contributed by atoms with E-state index in [2.05, 4.69) is 11.8 Å². The second-order valence-corrected chi connectivity index (χ2v) is 4.33. The van der Waals surface area contributed by atoms with Gasteiger partial charge in [0, 0.05) is 12.6 Å². The molecule has 2 atom stereocenters. The highest BCUT2D eigenvalue weighted by Gasteiger charge is 2.34. The zero-order chi connectivity index (χ0) is 12.0. The van der Waals surface area contributed by atoms with E-state index >= 15 is 0 Å². The Labute approximate surface area is 98.1 Å². The maximum atomic E-state index is 11.9. The van der Waals surface area contributed by atoms with Crippen LogP contribution in [0.1, 0.15) is 39.5 Å². The summed E-state index contributed by atoms with van der Waals surface area (Å²) in [5.74, 6) is -0.0790. The Morgan fingerprint density at radius 1 is 1.56 bits per heavy atom. The van der Waals surface area contributed by atoms with E-state index in [1.807, 2.05) is 6.92 Å². The molecule has 0 saturated carbocycles. The normalized spacial score (nSPS) is 23.3. The Balaban J connectivity index is 2.64. The Hall–Kier alpha value is -0.610. The van der Waals surface area contributed by atoms with Crippen molar-refractivity contribution in [2.75, 3.05) is 19.7 Å². The molecule has 0 amide bonds. The largest absolute Gasteiger partial charge is 0.465 e. The highest BCUT2D eigenvalue weighted by Crippen LogP contribution is 2.22. The number of esters is 1. The van der Waals surface area contributed by atoms with Gasteiger partial charge in [-0.15, -0.1) is 0 Å². The number of rotatable bonds is 6. The second kappa shape index (κ2) is 6.86. The van der Waals surface area contributed by atoms with Crippen LogP contribution >= 0.6 is 0 Å². The predicted molar refractivity (Wildman–Crippen MR) is 64.1 cm³/mol. The van der Waals surface area contributed by atoms with Crippen molar-refractivity contribution in [3.05, 3.63) is 0 Å². The predicted octanol–water partition coefficient (Wildman–Crippen LogP) is 1.14. The molecular formula is C12H24N2O2. The van der Waals surface area contributed by atoms with Crippen LogP contribution in [0.5, 0.6) is 0 Å². The maximum absolute atomic E-state index is 11.9. The molecule has 0 aromatic carbocycles. The van der Waals surface area contributed by atoms with Crippen LogP contribution in [0, 0.1) is 0 Å². The van der Waals surface area contributed by atoms with Gasteiger partial charge in [-0.25, -0.2) is 0 Å². The number of nitrogens with zero attached hydrogens (tertiary/aromatic N) is 1. The molecule has 1 aliphatic heterocycles. The number of nitrogens with two attached hydrogens (primary N) is 1. The molecule has 1 rings (SSSR count). The standard InChI is InChI=1S/C12H24N2O2/c1-3-6-11(12(15)16-4-2)14-8-5-7-10(14)9-13/h10-11H,3-9,13H2,1-2H3. The summed E-state index contributed by atoms with van der Waals surface area (Å²) >= 11 is 0. The zero-order valence-electron chi connectivity index (χ0n) is 10.4. The molecule has 2 unspecified atom stereocenters. The van der Waals surface area contributed by atoms with Gasteiger partial charge in [0.05, 0.1) is 6.61 Å². The van der Waals surface area contributed by atoms with Gasteiger partial charge in [0.2, 0.25) is 0 Å². The monoisotopic (exact) mass is 228 g/mol. The summed E-state index contributed by atoms with van der Waals surface area (Å²) in [6.07, 6.45) is 4.12. The molecule has 2 N–H and O–H groups in total. The van der Waals surface area contributed by atoms with Gasteiger partial charge in [-0.05, 0) is 32.7 Å². The third-order valence-corrected chi connectivity index (χ3v) is 3.22. The molecule has 4 nitrogen and oxygen atoms in total. The topological polar surface area (TPSA) is 55.6 Å². The Morgan fingerprint density at radius 2 is 2.31 bits per heavy atom. The van der Waals surface area contributed by atoms with Crippen LogP contribution in [0.2, 0.25) is 0 Å². The molecule has 16 heavy (non-hydrogen) atoms. The van der Waals surface area contributed by atoms with Gasteiger partial charge in [0.25, 0.3) is 0 Å². The van der Waals surface area contributed by atoms with Gasteiger partial charge in [-0.3, -0.25) is 9.69 Å². The third kappa shape index (κ3) is 3.19. The van der Waals surface area contributed by atoms with E-state index in [-0.39, 0.29) is 12.0 Å². The molecule has 1 heterocycles. The highest BCUT2D eigenvalue weighted by atomic mass is 16.5. The molecule has 94 valence electrons. The van der Waals surface area contributed by atoms with Crippen LogP contribution in [-0.4, -0.2) is 42.6 Å². The Kier molecular flexibility index (Phi) is 5.77. The van der Waals surface area contributed by atoms with Crippen molar-refractivity contribution in [3.63, 3.8) is 0 Å². The fourth-order valence-corrected chi connectivity index (χ4v) is 2.45. The first-order valence-electron chi connectivity index (χ1n) is 6.37. The number of carbonyl (C=O) groups excluding carboxylic acids is 1. The molecule has 0 bridgehead atoms. The van der Waals surface area contributed by atoms with Crippen LogP contribution in [0.15, 0.2) is 0 Å². The summed E-state index contributed by atoms with van der Waals surface area (Å²) in [6.45, 7) is 6.02. The molecule has 0 radical (unpaired) electrons. The van der Waals surface area contributed by atoms with Crippen molar-refractivity contribution >= 4 is 5.97 Å². The summed E-state index contributed by atoms with van der Waals surface area (Å²) < 4.78 is 5.14. The van der Waals surface area contributed by atoms with E-state index in [0.29, 0.717) is 19.2 Å². The van der Waals surface area contributed by atoms with Crippen molar-refractivity contribution < 1.29 is 9.53 Å². The van der Waals surface area contributed by atoms with Crippen molar-refractivity contribution in [3.8, 4) is 0 Å². The number of carbonyl (C=O) groups is 1. The lowest BCUT2D eigenvalue weighted by Gasteiger charge is -2.30. The minimum absolute atomic E-state index is 0.0790. The molecule has 1 fully saturated rings. The lowest BCUT2D eigenvalue weighted by atomic mass is 10.1. The average molecular weight is 228 g/mol. The number of hydrogen-bond acceptors (Lipinski definition) is 4. The molecule has 0 aliphatic carbocycles. The summed E-state index contributed by atoms with van der Waals surface area (Å²) in [7, 11) is 0. The van der Waals surface area contributed by atoms with E-state index < -0.39 is 0 Å². The molecule has 1 aliphatic rings. The van der Waals surface area contributed by atoms with E-state index in [1.165, 1.54) is 0 Å². The van der Waals surface area contributed by atoms with Gasteiger partial charge in [0.1, 0.15) is 6.04 Å². The summed E-state index contributed by atoms with van der Waals surface area (Å²) in [5, 5.41) is 0. The van der Waals surface area contributed by atoms with Crippen LogP contribution in [-0.2, 0) is 9.53 Å². The summed E-state index contributed by atoms with van der Waals surface area (Å²) in [4.78, 5) is 14.1. The van der Waals surface area contributed by atoms with Crippen LogP contribution in [0.3, 0.4) is 0 Å². The Bertz CT molecular complexity index is 221.